The monoisotopic (exact) mass is 299 g/mol. The summed E-state index contributed by atoms with van der Waals surface area (Å²) in [5.74, 6) is -0.0593. The van der Waals surface area contributed by atoms with Crippen molar-refractivity contribution >= 4 is 21.8 Å². The second-order valence-corrected chi connectivity index (χ2v) is 5.56. The molecule has 0 aromatic heterocycles. The van der Waals surface area contributed by atoms with Crippen LogP contribution in [-0.4, -0.2) is 34.6 Å². The Morgan fingerprint density at radius 3 is 2.59 bits per heavy atom. The van der Waals surface area contributed by atoms with Gasteiger partial charge in [-0.1, -0.05) is 22.0 Å². The van der Waals surface area contributed by atoms with Gasteiger partial charge in [-0.15, -0.1) is 0 Å². The smallest absolute Gasteiger partial charge is 0.253 e. The highest BCUT2D eigenvalue weighted by atomic mass is 79.9. The topological polar surface area (TPSA) is 40.5 Å². The fourth-order valence-electron chi connectivity index (χ4n) is 1.60. The van der Waals surface area contributed by atoms with Gasteiger partial charge in [-0.3, -0.25) is 4.79 Å². The molecule has 0 bridgehead atoms. The lowest BCUT2D eigenvalue weighted by Crippen LogP contribution is -2.42. The van der Waals surface area contributed by atoms with E-state index in [1.165, 1.54) is 0 Å². The van der Waals surface area contributed by atoms with E-state index >= 15 is 0 Å². The summed E-state index contributed by atoms with van der Waals surface area (Å²) in [6.45, 7) is 6.21. The molecular weight excluding hydrogens is 282 g/mol. The van der Waals surface area contributed by atoms with Crippen molar-refractivity contribution in [2.75, 3.05) is 13.1 Å². The van der Waals surface area contributed by atoms with Crippen molar-refractivity contribution in [3.63, 3.8) is 0 Å². The van der Waals surface area contributed by atoms with Gasteiger partial charge in [0.2, 0.25) is 0 Å². The van der Waals surface area contributed by atoms with E-state index in [0.717, 1.165) is 4.47 Å². The number of nitrogens with zero attached hydrogens (tertiary/aromatic N) is 1. The van der Waals surface area contributed by atoms with Crippen LogP contribution in [0.4, 0.5) is 0 Å². The van der Waals surface area contributed by atoms with Crippen molar-refractivity contribution in [2.24, 2.45) is 0 Å². The van der Waals surface area contributed by atoms with Crippen LogP contribution in [0.5, 0.6) is 0 Å². The average Bonchev–Trinajstić information content (AvgIpc) is 2.23. The first-order chi connectivity index (χ1) is 7.83. The Hall–Kier alpha value is -0.870. The number of carbonyl (C=O) groups excluding carboxylic acids is 1. The SMILES string of the molecule is CCN(CC(C)(C)O)C(=O)c1cccc(Br)c1. The highest BCUT2D eigenvalue weighted by molar-refractivity contribution is 9.10. The maximum absolute atomic E-state index is 12.2. The van der Waals surface area contributed by atoms with Crippen LogP contribution in [0.25, 0.3) is 0 Å². The molecule has 0 saturated heterocycles. The number of halogens is 1. The van der Waals surface area contributed by atoms with E-state index < -0.39 is 5.60 Å². The molecule has 0 heterocycles. The van der Waals surface area contributed by atoms with E-state index in [1.54, 1.807) is 30.9 Å². The van der Waals surface area contributed by atoms with Crippen LogP contribution < -0.4 is 0 Å². The summed E-state index contributed by atoms with van der Waals surface area (Å²) in [5, 5.41) is 9.77. The van der Waals surface area contributed by atoms with Crippen molar-refractivity contribution in [1.82, 2.24) is 4.90 Å². The summed E-state index contributed by atoms with van der Waals surface area (Å²) < 4.78 is 0.877. The summed E-state index contributed by atoms with van der Waals surface area (Å²) in [6.07, 6.45) is 0. The van der Waals surface area contributed by atoms with Crippen LogP contribution >= 0.6 is 15.9 Å². The lowest BCUT2D eigenvalue weighted by atomic mass is 10.1. The normalized spacial score (nSPS) is 11.4. The molecule has 0 unspecified atom stereocenters. The maximum Gasteiger partial charge on any atom is 0.253 e. The molecule has 0 aliphatic rings. The molecule has 0 atom stereocenters. The van der Waals surface area contributed by atoms with Crippen LogP contribution in [0.2, 0.25) is 0 Å². The third kappa shape index (κ3) is 4.48. The van der Waals surface area contributed by atoms with E-state index in [2.05, 4.69) is 15.9 Å². The predicted molar refractivity (Wildman–Crippen MR) is 72.0 cm³/mol. The highest BCUT2D eigenvalue weighted by Crippen LogP contribution is 2.15. The maximum atomic E-state index is 12.2. The second kappa shape index (κ2) is 5.65. The Labute approximate surface area is 111 Å². The number of carbonyl (C=O) groups is 1. The van der Waals surface area contributed by atoms with Crippen LogP contribution in [-0.2, 0) is 0 Å². The Bertz CT molecular complexity index is 399. The minimum absolute atomic E-state index is 0.0593. The van der Waals surface area contributed by atoms with Gasteiger partial charge in [-0.05, 0) is 39.0 Å². The molecule has 0 spiro atoms. The predicted octanol–water partition coefficient (Wildman–Crippen LogP) is 2.68. The van der Waals surface area contributed by atoms with Gasteiger partial charge in [0, 0.05) is 23.1 Å². The van der Waals surface area contributed by atoms with Crippen LogP contribution in [0, 0.1) is 0 Å². The summed E-state index contributed by atoms with van der Waals surface area (Å²) in [7, 11) is 0. The molecule has 0 radical (unpaired) electrons. The first-order valence-corrected chi connectivity index (χ1v) is 6.40. The first-order valence-electron chi connectivity index (χ1n) is 5.60. The fraction of sp³-hybridized carbons (Fsp3) is 0.462. The molecule has 1 aromatic rings. The number of hydrogen-bond acceptors (Lipinski definition) is 2. The number of amides is 1. The van der Waals surface area contributed by atoms with Crippen LogP contribution in [0.15, 0.2) is 28.7 Å². The molecule has 1 rings (SSSR count). The summed E-state index contributed by atoms with van der Waals surface area (Å²) in [5.41, 5.74) is -0.247. The molecular formula is C13H18BrNO2. The third-order valence-electron chi connectivity index (χ3n) is 2.32. The van der Waals surface area contributed by atoms with E-state index in [4.69, 9.17) is 0 Å². The van der Waals surface area contributed by atoms with E-state index in [1.807, 2.05) is 19.1 Å². The minimum atomic E-state index is -0.877. The average molecular weight is 300 g/mol. The first kappa shape index (κ1) is 14.2. The summed E-state index contributed by atoms with van der Waals surface area (Å²) in [4.78, 5) is 13.8. The molecule has 1 amide bonds. The molecule has 3 nitrogen and oxygen atoms in total. The van der Waals surface area contributed by atoms with Crippen molar-refractivity contribution in [2.45, 2.75) is 26.4 Å². The van der Waals surface area contributed by atoms with Gasteiger partial charge in [0.1, 0.15) is 0 Å². The summed E-state index contributed by atoms with van der Waals surface area (Å²) in [6, 6.07) is 7.27. The van der Waals surface area contributed by atoms with Crippen molar-refractivity contribution in [3.8, 4) is 0 Å². The van der Waals surface area contributed by atoms with Gasteiger partial charge in [-0.25, -0.2) is 0 Å². The molecule has 17 heavy (non-hydrogen) atoms. The number of likely N-dealkylation sites (N-methyl/N-ethyl adjacent to an activating group) is 1. The van der Waals surface area contributed by atoms with Gasteiger partial charge >= 0.3 is 0 Å². The molecule has 1 N–H and O–H groups in total. The van der Waals surface area contributed by atoms with Crippen LogP contribution in [0.3, 0.4) is 0 Å². The van der Waals surface area contributed by atoms with Crippen molar-refractivity contribution < 1.29 is 9.90 Å². The Balaban J connectivity index is 2.87. The molecule has 0 aliphatic carbocycles. The highest BCUT2D eigenvalue weighted by Gasteiger charge is 2.22. The Morgan fingerprint density at radius 1 is 1.47 bits per heavy atom. The zero-order valence-corrected chi connectivity index (χ0v) is 12.0. The second-order valence-electron chi connectivity index (χ2n) is 4.64. The number of rotatable bonds is 4. The fourth-order valence-corrected chi connectivity index (χ4v) is 2.00. The van der Waals surface area contributed by atoms with Crippen molar-refractivity contribution in [1.29, 1.82) is 0 Å². The molecule has 0 saturated carbocycles. The molecule has 0 fully saturated rings. The Morgan fingerprint density at radius 2 is 2.12 bits per heavy atom. The largest absolute Gasteiger partial charge is 0.389 e. The van der Waals surface area contributed by atoms with E-state index in [9.17, 15) is 9.90 Å². The van der Waals surface area contributed by atoms with E-state index in [0.29, 0.717) is 18.7 Å². The van der Waals surface area contributed by atoms with Gasteiger partial charge in [0.15, 0.2) is 0 Å². The van der Waals surface area contributed by atoms with Crippen LogP contribution in [0.1, 0.15) is 31.1 Å². The van der Waals surface area contributed by atoms with Crippen molar-refractivity contribution in [3.05, 3.63) is 34.3 Å². The number of aliphatic hydroxyl groups is 1. The molecule has 0 aliphatic heterocycles. The molecule has 94 valence electrons. The quantitative estimate of drug-likeness (QED) is 0.928. The molecule has 4 heteroatoms. The van der Waals surface area contributed by atoms with Gasteiger partial charge in [0.25, 0.3) is 5.91 Å². The Kier molecular flexibility index (Phi) is 4.71. The number of benzene rings is 1. The zero-order valence-electron chi connectivity index (χ0n) is 10.4. The zero-order chi connectivity index (χ0) is 13.1. The standard InChI is InChI=1S/C13H18BrNO2/c1-4-15(9-13(2,3)17)12(16)10-6-5-7-11(14)8-10/h5-8,17H,4,9H2,1-3H3. The minimum Gasteiger partial charge on any atom is -0.389 e. The van der Waals surface area contributed by atoms with Gasteiger partial charge < -0.3 is 10.0 Å². The third-order valence-corrected chi connectivity index (χ3v) is 2.81. The summed E-state index contributed by atoms with van der Waals surface area (Å²) >= 11 is 3.34. The number of hydrogen-bond donors (Lipinski definition) is 1. The van der Waals surface area contributed by atoms with Gasteiger partial charge in [0.05, 0.1) is 5.60 Å². The van der Waals surface area contributed by atoms with Gasteiger partial charge in [-0.2, -0.15) is 0 Å². The van der Waals surface area contributed by atoms with E-state index in [-0.39, 0.29) is 5.91 Å². The lowest BCUT2D eigenvalue weighted by Gasteiger charge is -2.28. The molecule has 1 aromatic carbocycles. The lowest BCUT2D eigenvalue weighted by molar-refractivity contribution is 0.0314.